The summed E-state index contributed by atoms with van der Waals surface area (Å²) in [5.74, 6) is 0.821. The van der Waals surface area contributed by atoms with Gasteiger partial charge in [0.05, 0.1) is 19.8 Å². The molecule has 3 rings (SSSR count). The number of carbonyl (C=O) groups is 1. The Morgan fingerprint density at radius 3 is 2.88 bits per heavy atom. The maximum absolute atomic E-state index is 12.2. The molecule has 1 amide bonds. The van der Waals surface area contributed by atoms with E-state index < -0.39 is 0 Å². The molecule has 2 N–H and O–H groups in total. The maximum Gasteiger partial charge on any atom is 0.277 e. The first-order valence-corrected chi connectivity index (χ1v) is 9.73. The number of amides is 1. The Morgan fingerprint density at radius 2 is 2.12 bits per heavy atom. The highest BCUT2D eigenvalue weighted by Gasteiger charge is 2.22. The van der Waals surface area contributed by atoms with Crippen LogP contribution < -0.4 is 10.2 Å². The Kier molecular flexibility index (Phi) is 5.75. The van der Waals surface area contributed by atoms with E-state index in [1.54, 1.807) is 0 Å². The number of aromatic nitrogens is 2. The highest BCUT2D eigenvalue weighted by molar-refractivity contribution is 7.99. The highest BCUT2D eigenvalue weighted by Crippen LogP contribution is 2.25. The quantitative estimate of drug-likeness (QED) is 0.737. The van der Waals surface area contributed by atoms with Crippen LogP contribution in [0.2, 0.25) is 0 Å². The van der Waals surface area contributed by atoms with Crippen LogP contribution in [0.5, 0.6) is 0 Å². The van der Waals surface area contributed by atoms with Crippen molar-refractivity contribution in [2.45, 2.75) is 43.9 Å². The smallest absolute Gasteiger partial charge is 0.277 e. The summed E-state index contributed by atoms with van der Waals surface area (Å²) in [6.07, 6.45) is 4.38. The molecule has 25 heavy (non-hydrogen) atoms. The third-order valence-corrected chi connectivity index (χ3v) is 5.35. The number of benzene rings is 1. The van der Waals surface area contributed by atoms with Gasteiger partial charge in [-0.2, -0.15) is 0 Å². The average Bonchev–Trinajstić information content (AvgIpc) is 3.22. The molecule has 1 aromatic carbocycles. The van der Waals surface area contributed by atoms with Crippen molar-refractivity contribution in [3.63, 3.8) is 0 Å². The zero-order valence-electron chi connectivity index (χ0n) is 15.0. The van der Waals surface area contributed by atoms with Crippen LogP contribution in [0.1, 0.15) is 42.8 Å². The Labute approximate surface area is 152 Å². The van der Waals surface area contributed by atoms with Gasteiger partial charge in [0.2, 0.25) is 5.91 Å². The van der Waals surface area contributed by atoms with Crippen molar-refractivity contribution in [2.75, 3.05) is 25.2 Å². The van der Waals surface area contributed by atoms with E-state index in [4.69, 9.17) is 4.42 Å². The molecular weight excluding hydrogens is 336 g/mol. The van der Waals surface area contributed by atoms with E-state index in [9.17, 15) is 4.79 Å². The summed E-state index contributed by atoms with van der Waals surface area (Å²) in [6.45, 7) is 2.10. The fraction of sp³-hybridized carbons (Fsp3) is 0.500. The van der Waals surface area contributed by atoms with E-state index in [1.807, 2.05) is 6.07 Å². The highest BCUT2D eigenvalue weighted by atomic mass is 32.2. The number of rotatable bonds is 7. The number of hydrogen-bond acceptors (Lipinski definition) is 5. The number of quaternary nitrogens is 1. The molecule has 134 valence electrons. The fourth-order valence-electron chi connectivity index (χ4n) is 3.22. The average molecular weight is 361 g/mol. The Bertz CT molecular complexity index is 744. The summed E-state index contributed by atoms with van der Waals surface area (Å²) in [6, 6.07) is 6.36. The number of fused-ring (bicyclic) bond motifs is 1. The van der Waals surface area contributed by atoms with E-state index in [1.165, 1.54) is 34.2 Å². The van der Waals surface area contributed by atoms with Crippen molar-refractivity contribution < 1.29 is 14.1 Å². The molecular formula is C18H25N4O2S+. The molecule has 0 radical (unpaired) electrons. The lowest BCUT2D eigenvalue weighted by atomic mass is 10.1. The summed E-state index contributed by atoms with van der Waals surface area (Å²) in [4.78, 5) is 13.4. The van der Waals surface area contributed by atoms with Gasteiger partial charge in [0.1, 0.15) is 0 Å². The summed E-state index contributed by atoms with van der Waals surface area (Å²) < 4.78 is 5.70. The fourth-order valence-corrected chi connectivity index (χ4v) is 3.79. The van der Waals surface area contributed by atoms with Gasteiger partial charge in [0.15, 0.2) is 6.04 Å². The van der Waals surface area contributed by atoms with Gasteiger partial charge < -0.3 is 14.6 Å². The molecule has 0 aliphatic heterocycles. The zero-order chi connectivity index (χ0) is 17.8. The van der Waals surface area contributed by atoms with Crippen LogP contribution in [0.15, 0.2) is 27.8 Å². The van der Waals surface area contributed by atoms with Crippen molar-refractivity contribution in [1.82, 2.24) is 10.2 Å². The third-order valence-electron chi connectivity index (χ3n) is 4.53. The van der Waals surface area contributed by atoms with Gasteiger partial charge in [0, 0.05) is 12.1 Å². The molecule has 0 bridgehead atoms. The third kappa shape index (κ3) is 4.41. The summed E-state index contributed by atoms with van der Waals surface area (Å²) >= 11 is 1.27. The Hall–Kier alpha value is -1.86. The molecule has 6 nitrogen and oxygen atoms in total. The van der Waals surface area contributed by atoms with Gasteiger partial charge in [-0.1, -0.05) is 24.8 Å². The van der Waals surface area contributed by atoms with Crippen LogP contribution in [0.4, 0.5) is 5.69 Å². The van der Waals surface area contributed by atoms with Gasteiger partial charge in [-0.3, -0.25) is 4.79 Å². The van der Waals surface area contributed by atoms with E-state index in [2.05, 4.69) is 48.7 Å². The second-order valence-corrected chi connectivity index (χ2v) is 7.54. The Morgan fingerprint density at radius 1 is 1.32 bits per heavy atom. The molecule has 2 aromatic rings. The van der Waals surface area contributed by atoms with E-state index in [0.717, 1.165) is 24.9 Å². The van der Waals surface area contributed by atoms with E-state index in [0.29, 0.717) is 11.1 Å². The number of hydrogen-bond donors (Lipinski definition) is 2. The number of carbonyl (C=O) groups excluding carboxylic acids is 1. The van der Waals surface area contributed by atoms with Gasteiger partial charge in [-0.15, -0.1) is 10.2 Å². The van der Waals surface area contributed by atoms with Crippen molar-refractivity contribution >= 4 is 23.4 Å². The minimum atomic E-state index is -0.0621. The normalized spacial score (nSPS) is 14.6. The first-order chi connectivity index (χ1) is 12.1. The number of anilines is 1. The second kappa shape index (κ2) is 8.01. The first-order valence-electron chi connectivity index (χ1n) is 8.74. The zero-order valence-corrected chi connectivity index (χ0v) is 15.8. The summed E-state index contributed by atoms with van der Waals surface area (Å²) in [5.41, 5.74) is 3.61. The first kappa shape index (κ1) is 17.9. The lowest BCUT2D eigenvalue weighted by Crippen LogP contribution is -3.06. The van der Waals surface area contributed by atoms with Gasteiger partial charge >= 0.3 is 0 Å². The molecule has 1 atom stereocenters. The van der Waals surface area contributed by atoms with Gasteiger partial charge in [-0.05, 0) is 42.5 Å². The van der Waals surface area contributed by atoms with Crippen molar-refractivity contribution in [3.05, 3.63) is 35.2 Å². The maximum atomic E-state index is 12.2. The van der Waals surface area contributed by atoms with Crippen molar-refractivity contribution in [3.8, 4) is 0 Å². The van der Waals surface area contributed by atoms with E-state index in [-0.39, 0.29) is 17.7 Å². The monoisotopic (exact) mass is 361 g/mol. The van der Waals surface area contributed by atoms with E-state index >= 15 is 0 Å². The Balaban J connectivity index is 1.53. The standard InChI is InChI=1S/C18H24N4O2S/c1-4-15(22(2)3)17-20-21-18(24-17)25-11-16(23)19-14-9-8-12-6-5-7-13(12)10-14/h8-10,15H,4-7,11H2,1-3H3,(H,19,23)/p+1/t15-/m1/s1. The largest absolute Gasteiger partial charge is 0.410 e. The van der Waals surface area contributed by atoms with Crippen molar-refractivity contribution in [1.29, 1.82) is 0 Å². The van der Waals surface area contributed by atoms with Crippen molar-refractivity contribution in [2.24, 2.45) is 0 Å². The minimum absolute atomic E-state index is 0.0621. The van der Waals surface area contributed by atoms with Gasteiger partial charge in [-0.25, -0.2) is 0 Å². The molecule has 1 aliphatic carbocycles. The number of nitrogens with one attached hydrogen (secondary N) is 2. The number of nitrogens with zero attached hydrogens (tertiary/aromatic N) is 2. The van der Waals surface area contributed by atoms with Crippen LogP contribution in [-0.4, -0.2) is 36.0 Å². The van der Waals surface area contributed by atoms with Crippen LogP contribution >= 0.6 is 11.8 Å². The van der Waals surface area contributed by atoms with Crippen LogP contribution in [0.25, 0.3) is 0 Å². The molecule has 0 saturated heterocycles. The SMILES string of the molecule is CC[C@H](c1nnc(SCC(=O)Nc2ccc3c(c2)CCC3)o1)[NH+](C)C. The summed E-state index contributed by atoms with van der Waals surface area (Å²) in [5, 5.41) is 11.6. The molecule has 1 aromatic heterocycles. The van der Waals surface area contributed by atoms with Crippen LogP contribution in [-0.2, 0) is 17.6 Å². The number of aryl methyl sites for hydroxylation is 2. The number of thioether (sulfide) groups is 1. The minimum Gasteiger partial charge on any atom is -0.410 e. The lowest BCUT2D eigenvalue weighted by molar-refractivity contribution is -0.894. The second-order valence-electron chi connectivity index (χ2n) is 6.62. The van der Waals surface area contributed by atoms with Gasteiger partial charge in [0.25, 0.3) is 11.1 Å². The molecule has 0 fully saturated rings. The molecule has 7 heteroatoms. The topological polar surface area (TPSA) is 72.5 Å². The lowest BCUT2D eigenvalue weighted by Gasteiger charge is -2.15. The molecule has 0 saturated carbocycles. The molecule has 1 heterocycles. The predicted molar refractivity (Wildman–Crippen MR) is 98.0 cm³/mol. The van der Waals surface area contributed by atoms with Crippen LogP contribution in [0, 0.1) is 0 Å². The molecule has 0 spiro atoms. The predicted octanol–water partition coefficient (Wildman–Crippen LogP) is 1.88. The molecule has 0 unspecified atom stereocenters. The van der Waals surface area contributed by atoms with Crippen LogP contribution in [0.3, 0.4) is 0 Å². The molecule has 1 aliphatic rings. The summed E-state index contributed by atoms with van der Waals surface area (Å²) in [7, 11) is 4.13.